The minimum atomic E-state index is -0.679. The fourth-order valence-corrected chi connectivity index (χ4v) is 2.00. The largest absolute Gasteiger partial charge is 0.394 e. The van der Waals surface area contributed by atoms with Crippen molar-refractivity contribution in [2.24, 2.45) is 5.92 Å². The highest BCUT2D eigenvalue weighted by Crippen LogP contribution is 2.11. The maximum Gasteiger partial charge on any atom is 0.292 e. The van der Waals surface area contributed by atoms with E-state index < -0.39 is 11.7 Å². The molecule has 1 rings (SSSR count). The van der Waals surface area contributed by atoms with Gasteiger partial charge in [-0.15, -0.1) is 0 Å². The molecule has 0 fully saturated rings. The van der Waals surface area contributed by atoms with Gasteiger partial charge in [0.2, 0.25) is 5.78 Å². The Labute approximate surface area is 121 Å². The maximum atomic E-state index is 11.9. The minimum Gasteiger partial charge on any atom is -0.394 e. The van der Waals surface area contributed by atoms with E-state index in [9.17, 15) is 14.7 Å². The quantitative estimate of drug-likeness (QED) is 0.621. The smallest absolute Gasteiger partial charge is 0.292 e. The van der Waals surface area contributed by atoms with Crippen molar-refractivity contribution in [3.8, 4) is 0 Å². The molecule has 0 saturated carbocycles. The highest BCUT2D eigenvalue weighted by molar-refractivity contribution is 9.10. The van der Waals surface area contributed by atoms with E-state index in [4.69, 9.17) is 0 Å². The average molecular weight is 328 g/mol. The van der Waals surface area contributed by atoms with Gasteiger partial charge in [0.1, 0.15) is 0 Å². The number of Topliss-reactive ketones (excluding diaryl/α,β-unsaturated/α-hetero) is 1. The molecule has 19 heavy (non-hydrogen) atoms. The lowest BCUT2D eigenvalue weighted by atomic mass is 10.0. The number of ketones is 1. The molecule has 1 atom stereocenters. The molecule has 1 aromatic carbocycles. The highest BCUT2D eigenvalue weighted by Gasteiger charge is 2.20. The molecule has 104 valence electrons. The lowest BCUT2D eigenvalue weighted by Gasteiger charge is -2.17. The van der Waals surface area contributed by atoms with Crippen LogP contribution in [0.15, 0.2) is 28.7 Å². The van der Waals surface area contributed by atoms with Crippen LogP contribution in [0, 0.1) is 5.92 Å². The molecule has 4 nitrogen and oxygen atoms in total. The molecule has 5 heteroatoms. The van der Waals surface area contributed by atoms with Crippen LogP contribution >= 0.6 is 15.9 Å². The number of carbonyl (C=O) groups excluding carboxylic acids is 2. The molecular formula is C14H18BrNO3. The van der Waals surface area contributed by atoms with E-state index in [1.54, 1.807) is 24.3 Å². The normalized spacial score (nSPS) is 12.3. The summed E-state index contributed by atoms with van der Waals surface area (Å²) in [4.78, 5) is 23.7. The van der Waals surface area contributed by atoms with Gasteiger partial charge in [0.05, 0.1) is 12.6 Å². The Balaban J connectivity index is 2.66. The van der Waals surface area contributed by atoms with Gasteiger partial charge in [-0.1, -0.05) is 29.8 Å². The van der Waals surface area contributed by atoms with Crippen molar-refractivity contribution in [1.29, 1.82) is 0 Å². The van der Waals surface area contributed by atoms with Gasteiger partial charge in [-0.05, 0) is 36.6 Å². The van der Waals surface area contributed by atoms with Crippen molar-refractivity contribution in [2.45, 2.75) is 26.3 Å². The average Bonchev–Trinajstić information content (AvgIpc) is 2.37. The third-order valence-corrected chi connectivity index (χ3v) is 3.15. The number of aliphatic hydroxyl groups is 1. The Kier molecular flexibility index (Phi) is 6.18. The van der Waals surface area contributed by atoms with E-state index >= 15 is 0 Å². The molecule has 0 saturated heterocycles. The lowest BCUT2D eigenvalue weighted by Crippen LogP contribution is -2.42. The second kappa shape index (κ2) is 7.40. The molecule has 1 unspecified atom stereocenters. The molecule has 1 aromatic rings. The van der Waals surface area contributed by atoms with Gasteiger partial charge >= 0.3 is 0 Å². The van der Waals surface area contributed by atoms with Crippen LogP contribution in [0.25, 0.3) is 0 Å². The number of amides is 1. The summed E-state index contributed by atoms with van der Waals surface area (Å²) in [6.07, 6.45) is 0.635. The first-order valence-electron chi connectivity index (χ1n) is 6.15. The molecule has 0 bridgehead atoms. The molecule has 0 aliphatic heterocycles. The highest BCUT2D eigenvalue weighted by atomic mass is 79.9. The van der Waals surface area contributed by atoms with E-state index in [0.717, 1.165) is 4.47 Å². The first-order valence-corrected chi connectivity index (χ1v) is 6.95. The summed E-state index contributed by atoms with van der Waals surface area (Å²) in [5.41, 5.74) is 0.335. The number of rotatable bonds is 6. The number of nitrogens with one attached hydrogen (secondary N) is 1. The van der Waals surface area contributed by atoms with Crippen molar-refractivity contribution in [3.05, 3.63) is 34.3 Å². The van der Waals surface area contributed by atoms with Crippen molar-refractivity contribution < 1.29 is 14.7 Å². The van der Waals surface area contributed by atoms with Crippen molar-refractivity contribution in [2.75, 3.05) is 6.61 Å². The summed E-state index contributed by atoms with van der Waals surface area (Å²) in [5.74, 6) is -0.933. The summed E-state index contributed by atoms with van der Waals surface area (Å²) in [6, 6.07) is 6.20. The topological polar surface area (TPSA) is 66.4 Å². The van der Waals surface area contributed by atoms with Crippen molar-refractivity contribution >= 4 is 27.6 Å². The van der Waals surface area contributed by atoms with Crippen LogP contribution in [-0.4, -0.2) is 29.4 Å². The van der Waals surface area contributed by atoms with Crippen LogP contribution in [0.2, 0.25) is 0 Å². The molecule has 0 aliphatic rings. The summed E-state index contributed by atoms with van der Waals surface area (Å²) in [5, 5.41) is 11.7. The molecule has 2 N–H and O–H groups in total. The van der Waals surface area contributed by atoms with E-state index in [0.29, 0.717) is 17.9 Å². The van der Waals surface area contributed by atoms with Crippen LogP contribution in [0.4, 0.5) is 0 Å². The second-order valence-corrected chi connectivity index (χ2v) is 5.73. The van der Waals surface area contributed by atoms with E-state index in [2.05, 4.69) is 21.2 Å². The fourth-order valence-electron chi connectivity index (χ4n) is 1.73. The summed E-state index contributed by atoms with van der Waals surface area (Å²) in [7, 11) is 0. The van der Waals surface area contributed by atoms with Crippen LogP contribution in [0.5, 0.6) is 0 Å². The first-order chi connectivity index (χ1) is 8.93. The number of aliphatic hydroxyl groups excluding tert-OH is 1. The number of halogens is 1. The van der Waals surface area contributed by atoms with E-state index in [-0.39, 0.29) is 12.6 Å². The zero-order valence-corrected chi connectivity index (χ0v) is 12.6. The Bertz CT molecular complexity index is 443. The third kappa shape index (κ3) is 5.12. The summed E-state index contributed by atoms with van der Waals surface area (Å²) >= 11 is 3.27. The fraction of sp³-hybridized carbons (Fsp3) is 0.429. The van der Waals surface area contributed by atoms with Crippen LogP contribution in [0.3, 0.4) is 0 Å². The monoisotopic (exact) mass is 327 g/mol. The Morgan fingerprint density at radius 2 is 1.84 bits per heavy atom. The SMILES string of the molecule is CC(C)CC(CO)NC(=O)C(=O)c1ccc(Br)cc1. The van der Waals surface area contributed by atoms with Gasteiger partial charge in [-0.2, -0.15) is 0 Å². The molecule has 0 aliphatic carbocycles. The minimum absolute atomic E-state index is 0.169. The van der Waals surface area contributed by atoms with Gasteiger partial charge in [-0.25, -0.2) is 0 Å². The zero-order valence-electron chi connectivity index (χ0n) is 11.0. The summed E-state index contributed by atoms with van der Waals surface area (Å²) in [6.45, 7) is 3.81. The van der Waals surface area contributed by atoms with Gasteiger partial charge in [0, 0.05) is 10.0 Å². The van der Waals surface area contributed by atoms with Gasteiger partial charge in [0.25, 0.3) is 5.91 Å². The predicted octanol–water partition coefficient (Wildman–Crippen LogP) is 2.16. The summed E-state index contributed by atoms with van der Waals surface area (Å²) < 4.78 is 0.845. The van der Waals surface area contributed by atoms with Gasteiger partial charge < -0.3 is 10.4 Å². The van der Waals surface area contributed by atoms with Gasteiger partial charge in [-0.3, -0.25) is 9.59 Å². The maximum absolute atomic E-state index is 11.9. The van der Waals surface area contributed by atoms with Crippen LogP contribution in [-0.2, 0) is 4.79 Å². The number of hydrogen-bond donors (Lipinski definition) is 2. The van der Waals surface area contributed by atoms with Crippen molar-refractivity contribution in [3.63, 3.8) is 0 Å². The third-order valence-electron chi connectivity index (χ3n) is 2.62. The first kappa shape index (κ1) is 15.9. The number of hydrogen-bond acceptors (Lipinski definition) is 3. The molecule has 0 aromatic heterocycles. The van der Waals surface area contributed by atoms with E-state index in [1.165, 1.54) is 0 Å². The van der Waals surface area contributed by atoms with Crippen LogP contribution in [0.1, 0.15) is 30.6 Å². The molecule has 0 heterocycles. The number of carbonyl (C=O) groups is 2. The Morgan fingerprint density at radius 3 is 2.32 bits per heavy atom. The molecule has 1 amide bonds. The Morgan fingerprint density at radius 1 is 1.26 bits per heavy atom. The predicted molar refractivity (Wildman–Crippen MR) is 76.9 cm³/mol. The number of benzene rings is 1. The van der Waals surface area contributed by atoms with E-state index in [1.807, 2.05) is 13.8 Å². The van der Waals surface area contributed by atoms with Crippen LogP contribution < -0.4 is 5.32 Å². The second-order valence-electron chi connectivity index (χ2n) is 4.82. The standard InChI is InChI=1S/C14H18BrNO3/c1-9(2)7-12(8-17)16-14(19)13(18)10-3-5-11(15)6-4-10/h3-6,9,12,17H,7-8H2,1-2H3,(H,16,19). The molecule has 0 radical (unpaired) electrons. The van der Waals surface area contributed by atoms with Crippen molar-refractivity contribution in [1.82, 2.24) is 5.32 Å². The Hall–Kier alpha value is -1.20. The zero-order chi connectivity index (χ0) is 14.4. The molecular weight excluding hydrogens is 310 g/mol. The van der Waals surface area contributed by atoms with Gasteiger partial charge in [0.15, 0.2) is 0 Å². The lowest BCUT2D eigenvalue weighted by molar-refractivity contribution is -0.118. The molecule has 0 spiro atoms.